The van der Waals surface area contributed by atoms with Gasteiger partial charge in [-0.3, -0.25) is 9.69 Å². The van der Waals surface area contributed by atoms with Crippen molar-refractivity contribution in [3.63, 3.8) is 0 Å². The third kappa shape index (κ3) is 4.22. The predicted molar refractivity (Wildman–Crippen MR) is 115 cm³/mol. The number of anilines is 1. The molecule has 5 rings (SSSR count). The van der Waals surface area contributed by atoms with Gasteiger partial charge in [-0.05, 0) is 60.4 Å². The maximum atomic E-state index is 12.9. The van der Waals surface area contributed by atoms with Crippen molar-refractivity contribution in [3.8, 4) is 17.3 Å². The lowest BCUT2D eigenvalue weighted by molar-refractivity contribution is 0.0945. The van der Waals surface area contributed by atoms with Crippen LogP contribution in [-0.4, -0.2) is 61.7 Å². The lowest BCUT2D eigenvalue weighted by Crippen LogP contribution is -2.38. The number of ether oxygens (including phenoxy) is 2. The third-order valence-corrected chi connectivity index (χ3v) is 5.74. The van der Waals surface area contributed by atoms with E-state index in [2.05, 4.69) is 43.0 Å². The smallest absolute Gasteiger partial charge is 0.293 e. The van der Waals surface area contributed by atoms with E-state index < -0.39 is 5.91 Å². The van der Waals surface area contributed by atoms with Gasteiger partial charge in [0, 0.05) is 12.6 Å². The Balaban J connectivity index is 1.37. The van der Waals surface area contributed by atoms with E-state index in [1.807, 2.05) is 6.07 Å². The van der Waals surface area contributed by atoms with E-state index in [9.17, 15) is 4.79 Å². The predicted octanol–water partition coefficient (Wildman–Crippen LogP) is 1.10. The van der Waals surface area contributed by atoms with Crippen molar-refractivity contribution in [3.05, 3.63) is 35.2 Å². The van der Waals surface area contributed by atoms with Gasteiger partial charge in [0.25, 0.3) is 5.91 Å². The van der Waals surface area contributed by atoms with Crippen LogP contribution in [0.5, 0.6) is 11.5 Å². The van der Waals surface area contributed by atoms with Gasteiger partial charge in [-0.2, -0.15) is 9.78 Å². The summed E-state index contributed by atoms with van der Waals surface area (Å²) in [6.45, 7) is 3.69. The maximum Gasteiger partial charge on any atom is 0.293 e. The molecule has 0 radical (unpaired) electrons. The Kier molecular flexibility index (Phi) is 5.60. The topological polar surface area (TPSA) is 159 Å². The molecule has 2 aliphatic rings. The quantitative estimate of drug-likeness (QED) is 0.409. The second kappa shape index (κ2) is 8.86. The number of fused-ring (bicyclic) bond motifs is 1. The number of carbonyl (C=O) groups is 1. The van der Waals surface area contributed by atoms with E-state index in [0.717, 1.165) is 24.9 Å². The van der Waals surface area contributed by atoms with Crippen molar-refractivity contribution in [1.29, 1.82) is 0 Å². The lowest BCUT2D eigenvalue weighted by atomic mass is 10.0. The van der Waals surface area contributed by atoms with Crippen molar-refractivity contribution >= 4 is 17.9 Å². The molecule has 172 valence electrons. The molecule has 1 aromatic carbocycles. The van der Waals surface area contributed by atoms with Gasteiger partial charge in [-0.25, -0.2) is 10.1 Å². The number of benzene rings is 1. The number of rotatable bonds is 6. The van der Waals surface area contributed by atoms with Gasteiger partial charge in [-0.1, -0.05) is 11.6 Å². The third-order valence-electron chi connectivity index (χ3n) is 5.74. The van der Waals surface area contributed by atoms with Gasteiger partial charge in [0.2, 0.25) is 18.4 Å². The molecule has 0 aliphatic carbocycles. The lowest BCUT2D eigenvalue weighted by Gasteiger charge is -2.33. The highest BCUT2D eigenvalue weighted by Gasteiger charge is 2.28. The van der Waals surface area contributed by atoms with Crippen LogP contribution in [-0.2, 0) is 6.54 Å². The molecule has 1 amide bonds. The molecular formula is C20H23N9O4. The number of nitrogens with zero attached hydrogens (tertiary/aromatic N) is 7. The Hall–Kier alpha value is -4.00. The highest BCUT2D eigenvalue weighted by atomic mass is 16.7. The standard InChI is InChI=1S/C20H23N9O4/c1-12-4-2-3-7-28(12)10-14-17(23-27-29(14)19-18(21)25-33-26-19)20(30)24-22-9-13-5-6-15-16(8-13)32-11-31-15/h5-6,8-9,12H,2-4,7,10-11H2,1H3,(H2,21,25)(H,24,30)/b22-9+/t12-/m0/s1. The zero-order chi connectivity index (χ0) is 22.8. The fraction of sp³-hybridized carbons (Fsp3) is 0.400. The van der Waals surface area contributed by atoms with Crippen LogP contribution in [0, 0.1) is 0 Å². The molecule has 0 saturated carbocycles. The minimum atomic E-state index is -0.507. The molecule has 0 bridgehead atoms. The summed E-state index contributed by atoms with van der Waals surface area (Å²) < 4.78 is 16.8. The van der Waals surface area contributed by atoms with Gasteiger partial charge >= 0.3 is 0 Å². The summed E-state index contributed by atoms with van der Waals surface area (Å²) in [4.78, 5) is 15.2. The number of hydrogen-bond acceptors (Lipinski definition) is 11. The number of likely N-dealkylation sites (tertiary alicyclic amines) is 1. The van der Waals surface area contributed by atoms with E-state index in [1.165, 1.54) is 17.3 Å². The summed E-state index contributed by atoms with van der Waals surface area (Å²) in [5.74, 6) is 1.04. The van der Waals surface area contributed by atoms with Gasteiger partial charge < -0.3 is 15.2 Å². The van der Waals surface area contributed by atoms with Crippen LogP contribution in [0.4, 0.5) is 5.82 Å². The van der Waals surface area contributed by atoms with Crippen molar-refractivity contribution < 1.29 is 18.9 Å². The molecule has 13 heteroatoms. The number of hydrazone groups is 1. The molecule has 1 fully saturated rings. The average Bonchev–Trinajstić information content (AvgIpc) is 3.54. The van der Waals surface area contributed by atoms with Crippen LogP contribution in [0.1, 0.15) is 47.9 Å². The van der Waals surface area contributed by atoms with Crippen LogP contribution < -0.4 is 20.6 Å². The van der Waals surface area contributed by atoms with Crippen LogP contribution in [0.25, 0.3) is 5.82 Å². The number of nitrogen functional groups attached to an aromatic ring is 1. The Bertz CT molecular complexity index is 1190. The highest BCUT2D eigenvalue weighted by Crippen LogP contribution is 2.32. The number of nitrogens with one attached hydrogen (secondary N) is 1. The minimum absolute atomic E-state index is 0.0561. The largest absolute Gasteiger partial charge is 0.454 e. The fourth-order valence-electron chi connectivity index (χ4n) is 3.92. The Morgan fingerprint density at radius 3 is 3.00 bits per heavy atom. The van der Waals surface area contributed by atoms with E-state index in [1.54, 1.807) is 12.1 Å². The van der Waals surface area contributed by atoms with Gasteiger partial charge in [0.15, 0.2) is 17.2 Å². The van der Waals surface area contributed by atoms with E-state index in [4.69, 9.17) is 19.8 Å². The van der Waals surface area contributed by atoms with Gasteiger partial charge in [0.05, 0.1) is 11.9 Å². The first-order chi connectivity index (χ1) is 16.1. The monoisotopic (exact) mass is 453 g/mol. The summed E-state index contributed by atoms with van der Waals surface area (Å²) in [5.41, 5.74) is 9.76. The molecule has 3 aromatic rings. The van der Waals surface area contributed by atoms with Gasteiger partial charge in [-0.15, -0.1) is 5.10 Å². The number of nitrogens with two attached hydrogens (primary N) is 1. The summed E-state index contributed by atoms with van der Waals surface area (Å²) in [6.07, 6.45) is 4.85. The molecule has 3 N–H and O–H groups in total. The van der Waals surface area contributed by atoms with E-state index in [-0.39, 0.29) is 24.1 Å². The summed E-state index contributed by atoms with van der Waals surface area (Å²) in [7, 11) is 0. The molecule has 33 heavy (non-hydrogen) atoms. The van der Waals surface area contributed by atoms with Crippen LogP contribution in [0.2, 0.25) is 0 Å². The van der Waals surface area contributed by atoms with Gasteiger partial charge in [0.1, 0.15) is 0 Å². The first-order valence-corrected chi connectivity index (χ1v) is 10.6. The molecule has 1 atom stereocenters. The van der Waals surface area contributed by atoms with E-state index in [0.29, 0.717) is 29.8 Å². The van der Waals surface area contributed by atoms with Crippen LogP contribution in [0.3, 0.4) is 0 Å². The Labute approximate surface area is 188 Å². The number of amides is 1. The molecular weight excluding hydrogens is 430 g/mol. The maximum absolute atomic E-state index is 12.9. The van der Waals surface area contributed by atoms with Crippen molar-refractivity contribution in [1.82, 2.24) is 35.6 Å². The van der Waals surface area contributed by atoms with E-state index >= 15 is 0 Å². The number of hydrogen-bond donors (Lipinski definition) is 2. The normalized spacial score (nSPS) is 18.2. The highest BCUT2D eigenvalue weighted by molar-refractivity contribution is 5.94. The second-order valence-electron chi connectivity index (χ2n) is 7.90. The zero-order valence-electron chi connectivity index (χ0n) is 18.0. The number of carbonyl (C=O) groups excluding carboxylic acids is 1. The van der Waals surface area contributed by atoms with Crippen molar-refractivity contribution in [2.24, 2.45) is 5.10 Å². The average molecular weight is 453 g/mol. The first-order valence-electron chi connectivity index (χ1n) is 10.6. The molecule has 0 unspecified atom stereocenters. The van der Waals surface area contributed by atoms with Crippen molar-refractivity contribution in [2.45, 2.75) is 38.8 Å². The summed E-state index contributed by atoms with van der Waals surface area (Å²) >= 11 is 0. The number of aromatic nitrogens is 5. The van der Waals surface area contributed by atoms with Crippen LogP contribution >= 0.6 is 0 Å². The summed E-state index contributed by atoms with van der Waals surface area (Å²) in [6, 6.07) is 5.72. The first kappa shape index (κ1) is 20.9. The second-order valence-corrected chi connectivity index (χ2v) is 7.90. The SMILES string of the molecule is C[C@H]1CCCCN1Cc1c(C(=O)N/N=C/c2ccc3c(c2)OCO3)nnn1-c1nonc1N. The molecule has 13 nitrogen and oxygen atoms in total. The Morgan fingerprint density at radius 2 is 2.18 bits per heavy atom. The molecule has 4 heterocycles. The molecule has 1 saturated heterocycles. The van der Waals surface area contributed by atoms with Crippen LogP contribution in [0.15, 0.2) is 27.9 Å². The minimum Gasteiger partial charge on any atom is -0.454 e. The molecule has 0 spiro atoms. The molecule has 2 aromatic heterocycles. The van der Waals surface area contributed by atoms with Crippen molar-refractivity contribution in [2.75, 3.05) is 19.1 Å². The Morgan fingerprint density at radius 1 is 1.30 bits per heavy atom. The molecule has 2 aliphatic heterocycles. The summed E-state index contributed by atoms with van der Waals surface area (Å²) in [5, 5.41) is 19.6. The number of piperidine rings is 1. The zero-order valence-corrected chi connectivity index (χ0v) is 18.0. The fourth-order valence-corrected chi connectivity index (χ4v) is 3.92.